The number of aliphatic hydroxyl groups excluding tert-OH is 1. The highest BCUT2D eigenvalue weighted by Gasteiger charge is 2.25. The van der Waals surface area contributed by atoms with Gasteiger partial charge >= 0.3 is 0 Å². The summed E-state index contributed by atoms with van der Waals surface area (Å²) < 4.78 is 0. The Morgan fingerprint density at radius 2 is 2.27 bits per heavy atom. The van der Waals surface area contributed by atoms with Gasteiger partial charge in [0.2, 0.25) is 0 Å². The van der Waals surface area contributed by atoms with Crippen LogP contribution >= 0.6 is 0 Å². The van der Waals surface area contributed by atoms with E-state index in [4.69, 9.17) is 5.73 Å². The van der Waals surface area contributed by atoms with Crippen LogP contribution in [0.4, 0.5) is 0 Å². The highest BCUT2D eigenvalue weighted by atomic mass is 16.3. The van der Waals surface area contributed by atoms with E-state index in [-0.39, 0.29) is 11.8 Å². The maximum Gasteiger partial charge on any atom is 0.159 e. The van der Waals surface area contributed by atoms with Crippen LogP contribution in [0.3, 0.4) is 0 Å². The molecule has 0 radical (unpaired) electrons. The number of aryl methyl sites for hydroxylation is 1. The van der Waals surface area contributed by atoms with Crippen LogP contribution in [0.25, 0.3) is 0 Å². The minimum Gasteiger partial charge on any atom is -0.391 e. The smallest absolute Gasteiger partial charge is 0.159 e. The van der Waals surface area contributed by atoms with Gasteiger partial charge in [0, 0.05) is 5.56 Å². The quantitative estimate of drug-likeness (QED) is 0.677. The summed E-state index contributed by atoms with van der Waals surface area (Å²) in [6, 6.07) is 5.22. The molecule has 3 nitrogen and oxygen atoms in total. The Labute approximate surface area is 88.9 Å². The number of nitrogens with two attached hydrogens (primary N) is 1. The van der Waals surface area contributed by atoms with Crippen LogP contribution in [0.2, 0.25) is 0 Å². The number of carbonyl (C=O) groups excluding carboxylic acids is 1. The maximum absolute atomic E-state index is 11.2. The molecule has 1 aliphatic carbocycles. The topological polar surface area (TPSA) is 63.3 Å². The van der Waals surface area contributed by atoms with Crippen LogP contribution in [0.15, 0.2) is 18.2 Å². The molecule has 80 valence electrons. The Balaban J connectivity index is 2.45. The minimum atomic E-state index is -0.486. The van der Waals surface area contributed by atoms with Gasteiger partial charge in [0.05, 0.1) is 12.1 Å². The second-order valence-electron chi connectivity index (χ2n) is 4.10. The van der Waals surface area contributed by atoms with Gasteiger partial charge in [-0.1, -0.05) is 12.1 Å². The van der Waals surface area contributed by atoms with Crippen molar-refractivity contribution in [1.82, 2.24) is 0 Å². The number of aliphatic hydroxyl groups is 1. The Hall–Kier alpha value is -1.19. The van der Waals surface area contributed by atoms with E-state index in [0.29, 0.717) is 12.0 Å². The molecule has 0 saturated heterocycles. The van der Waals surface area contributed by atoms with Crippen LogP contribution < -0.4 is 5.73 Å². The second-order valence-corrected chi connectivity index (χ2v) is 4.10. The highest BCUT2D eigenvalue weighted by molar-refractivity contribution is 5.94. The molecular weight excluding hydrogens is 190 g/mol. The molecule has 2 atom stereocenters. The van der Waals surface area contributed by atoms with Gasteiger partial charge in [-0.2, -0.15) is 0 Å². The van der Waals surface area contributed by atoms with Gasteiger partial charge in [0.15, 0.2) is 5.78 Å². The molecule has 1 aromatic rings. The van der Waals surface area contributed by atoms with Gasteiger partial charge in [-0.05, 0) is 37.0 Å². The molecule has 1 aromatic carbocycles. The monoisotopic (exact) mass is 205 g/mol. The lowest BCUT2D eigenvalue weighted by atomic mass is 9.85. The first-order valence-corrected chi connectivity index (χ1v) is 5.17. The molecule has 0 aromatic heterocycles. The number of rotatable bonds is 1. The molecule has 0 amide bonds. The first kappa shape index (κ1) is 10.3. The van der Waals surface area contributed by atoms with E-state index >= 15 is 0 Å². The van der Waals surface area contributed by atoms with Crippen molar-refractivity contribution in [1.29, 1.82) is 0 Å². The fourth-order valence-corrected chi connectivity index (χ4v) is 2.04. The zero-order valence-corrected chi connectivity index (χ0v) is 8.73. The van der Waals surface area contributed by atoms with Gasteiger partial charge in [0.1, 0.15) is 0 Å². The summed E-state index contributed by atoms with van der Waals surface area (Å²) in [6.07, 6.45) is 1.05. The van der Waals surface area contributed by atoms with E-state index in [1.165, 1.54) is 6.92 Å². The van der Waals surface area contributed by atoms with Crippen molar-refractivity contribution in [3.63, 3.8) is 0 Å². The third-order valence-corrected chi connectivity index (χ3v) is 3.04. The fraction of sp³-hybridized carbons (Fsp3) is 0.417. The maximum atomic E-state index is 11.2. The van der Waals surface area contributed by atoms with Gasteiger partial charge in [0.25, 0.3) is 0 Å². The number of hydrogen-bond donors (Lipinski definition) is 2. The first-order chi connectivity index (χ1) is 7.09. The molecule has 0 saturated carbocycles. The normalized spacial score (nSPS) is 24.7. The standard InChI is InChI=1S/C12H15NO2/c1-7(14)9-3-2-8-4-5-11(15)12(13)10(8)6-9/h2-3,6,11-12,15H,4-5,13H2,1H3/t11-,12?/m1/s1. The summed E-state index contributed by atoms with van der Waals surface area (Å²) >= 11 is 0. The van der Waals surface area contributed by atoms with Crippen LogP contribution in [-0.4, -0.2) is 17.0 Å². The number of fused-ring (bicyclic) bond motifs is 1. The van der Waals surface area contributed by atoms with Crippen molar-refractivity contribution in [2.45, 2.75) is 31.9 Å². The third kappa shape index (κ3) is 1.80. The Morgan fingerprint density at radius 3 is 2.93 bits per heavy atom. The van der Waals surface area contributed by atoms with Crippen molar-refractivity contribution in [2.75, 3.05) is 0 Å². The predicted molar refractivity (Wildman–Crippen MR) is 57.7 cm³/mol. The Kier molecular flexibility index (Phi) is 2.59. The molecule has 2 rings (SSSR count). The minimum absolute atomic E-state index is 0.0325. The van der Waals surface area contributed by atoms with Crippen LogP contribution in [0.5, 0.6) is 0 Å². The Bertz CT molecular complexity index is 401. The summed E-state index contributed by atoms with van der Waals surface area (Å²) in [5.41, 5.74) is 8.63. The van der Waals surface area contributed by atoms with E-state index in [2.05, 4.69) is 0 Å². The molecule has 3 heteroatoms. The summed E-state index contributed by atoms with van der Waals surface area (Å²) in [4.78, 5) is 11.2. The van der Waals surface area contributed by atoms with Crippen molar-refractivity contribution >= 4 is 5.78 Å². The van der Waals surface area contributed by atoms with E-state index in [9.17, 15) is 9.90 Å². The fourth-order valence-electron chi connectivity index (χ4n) is 2.04. The average Bonchev–Trinajstić information content (AvgIpc) is 2.23. The zero-order valence-electron chi connectivity index (χ0n) is 8.73. The summed E-state index contributed by atoms with van der Waals surface area (Å²) in [5, 5.41) is 9.64. The molecule has 0 fully saturated rings. The van der Waals surface area contributed by atoms with Gasteiger partial charge < -0.3 is 10.8 Å². The Morgan fingerprint density at radius 1 is 1.53 bits per heavy atom. The predicted octanol–water partition coefficient (Wildman–Crippen LogP) is 1.20. The highest BCUT2D eigenvalue weighted by Crippen LogP contribution is 2.29. The van der Waals surface area contributed by atoms with E-state index in [1.807, 2.05) is 18.2 Å². The lowest BCUT2D eigenvalue weighted by Gasteiger charge is -2.27. The van der Waals surface area contributed by atoms with E-state index < -0.39 is 6.10 Å². The molecule has 0 aliphatic heterocycles. The largest absolute Gasteiger partial charge is 0.391 e. The third-order valence-electron chi connectivity index (χ3n) is 3.04. The molecule has 15 heavy (non-hydrogen) atoms. The SMILES string of the molecule is CC(=O)c1ccc2c(c1)C(N)[C@H](O)CC2. The number of benzene rings is 1. The number of ketones is 1. The van der Waals surface area contributed by atoms with Crippen molar-refractivity contribution in [3.8, 4) is 0 Å². The molecular formula is C12H15NO2. The second kappa shape index (κ2) is 3.76. The van der Waals surface area contributed by atoms with Crippen molar-refractivity contribution < 1.29 is 9.90 Å². The molecule has 3 N–H and O–H groups in total. The number of Topliss-reactive ketones (excluding diaryl/α,β-unsaturated/α-hetero) is 1. The summed E-state index contributed by atoms with van der Waals surface area (Å²) in [7, 11) is 0. The van der Waals surface area contributed by atoms with Gasteiger partial charge in [-0.15, -0.1) is 0 Å². The molecule has 1 aliphatic rings. The lowest BCUT2D eigenvalue weighted by molar-refractivity contribution is 0.101. The molecule has 1 unspecified atom stereocenters. The van der Waals surface area contributed by atoms with Crippen LogP contribution in [0, 0.1) is 0 Å². The van der Waals surface area contributed by atoms with Crippen molar-refractivity contribution in [3.05, 3.63) is 34.9 Å². The zero-order chi connectivity index (χ0) is 11.0. The van der Waals surface area contributed by atoms with Crippen LogP contribution in [0.1, 0.15) is 40.9 Å². The van der Waals surface area contributed by atoms with Crippen LogP contribution in [-0.2, 0) is 6.42 Å². The average molecular weight is 205 g/mol. The molecule has 0 spiro atoms. The lowest BCUT2D eigenvalue weighted by Crippen LogP contribution is -2.31. The summed E-state index contributed by atoms with van der Waals surface area (Å²) in [6.45, 7) is 1.53. The van der Waals surface area contributed by atoms with Gasteiger partial charge in [-0.25, -0.2) is 0 Å². The summed E-state index contributed by atoms with van der Waals surface area (Å²) in [5.74, 6) is 0.0325. The van der Waals surface area contributed by atoms with Gasteiger partial charge in [-0.3, -0.25) is 4.79 Å². The van der Waals surface area contributed by atoms with E-state index in [1.54, 1.807) is 0 Å². The van der Waals surface area contributed by atoms with Crippen molar-refractivity contribution in [2.24, 2.45) is 5.73 Å². The van der Waals surface area contributed by atoms with E-state index in [0.717, 1.165) is 17.5 Å². The number of hydrogen-bond acceptors (Lipinski definition) is 3. The molecule has 0 bridgehead atoms. The first-order valence-electron chi connectivity index (χ1n) is 5.17. The number of carbonyl (C=O) groups is 1. The molecule has 0 heterocycles.